The molecule has 0 radical (unpaired) electrons. The number of hydrogen-bond acceptors (Lipinski definition) is 3. The van der Waals surface area contributed by atoms with Crippen LogP contribution in [0.15, 0.2) is 42.5 Å². The Labute approximate surface area is 118 Å². The third kappa shape index (κ3) is 3.15. The van der Waals surface area contributed by atoms with Gasteiger partial charge >= 0.3 is 0 Å². The first-order chi connectivity index (χ1) is 9.47. The van der Waals surface area contributed by atoms with Crippen LogP contribution < -0.4 is 10.2 Å². The molecule has 0 heterocycles. The number of halogens is 1. The highest BCUT2D eigenvalue weighted by Gasteiger charge is 2.07. The van der Waals surface area contributed by atoms with Crippen molar-refractivity contribution in [3.63, 3.8) is 0 Å². The summed E-state index contributed by atoms with van der Waals surface area (Å²) in [6, 6.07) is 11.9. The lowest BCUT2D eigenvalue weighted by Crippen LogP contribution is -2.08. The molecule has 0 aliphatic rings. The molecular formula is C16H17FN2O. The van der Waals surface area contributed by atoms with E-state index in [1.54, 1.807) is 0 Å². The monoisotopic (exact) mass is 272 g/mol. The molecule has 0 aliphatic carbocycles. The number of ketones is 1. The van der Waals surface area contributed by atoms with E-state index in [0.29, 0.717) is 11.3 Å². The summed E-state index contributed by atoms with van der Waals surface area (Å²) < 4.78 is 13.7. The molecule has 3 nitrogen and oxygen atoms in total. The Morgan fingerprint density at radius 3 is 2.30 bits per heavy atom. The second kappa shape index (κ2) is 5.74. The van der Waals surface area contributed by atoms with Gasteiger partial charge in [0.1, 0.15) is 5.82 Å². The first kappa shape index (κ1) is 14.1. The minimum absolute atomic E-state index is 0.0870. The summed E-state index contributed by atoms with van der Waals surface area (Å²) in [7, 11) is 3.91. The molecule has 0 spiro atoms. The lowest BCUT2D eigenvalue weighted by molar-refractivity contribution is 0.101. The molecule has 0 aliphatic heterocycles. The summed E-state index contributed by atoms with van der Waals surface area (Å²) in [5.74, 6) is -0.470. The molecule has 2 aromatic rings. The fraction of sp³-hybridized carbons (Fsp3) is 0.188. The zero-order valence-electron chi connectivity index (χ0n) is 11.8. The number of carbonyl (C=O) groups excluding carboxylic acids is 1. The van der Waals surface area contributed by atoms with E-state index in [4.69, 9.17) is 0 Å². The maximum Gasteiger partial charge on any atom is 0.159 e. The van der Waals surface area contributed by atoms with Crippen molar-refractivity contribution < 1.29 is 9.18 Å². The fourth-order valence-corrected chi connectivity index (χ4v) is 1.84. The molecule has 2 rings (SSSR count). The Kier molecular flexibility index (Phi) is 4.03. The molecule has 0 unspecified atom stereocenters. The number of rotatable bonds is 4. The molecule has 0 amide bonds. The molecule has 104 valence electrons. The predicted molar refractivity (Wildman–Crippen MR) is 80.5 cm³/mol. The summed E-state index contributed by atoms with van der Waals surface area (Å²) in [6.45, 7) is 1.46. The summed E-state index contributed by atoms with van der Waals surface area (Å²) in [5, 5.41) is 2.99. The second-order valence-electron chi connectivity index (χ2n) is 4.82. The average Bonchev–Trinajstić information content (AvgIpc) is 2.41. The highest BCUT2D eigenvalue weighted by atomic mass is 19.1. The van der Waals surface area contributed by atoms with E-state index < -0.39 is 0 Å². The molecule has 0 saturated carbocycles. The number of nitrogens with zero attached hydrogens (tertiary/aromatic N) is 1. The summed E-state index contributed by atoms with van der Waals surface area (Å²) in [4.78, 5) is 13.3. The predicted octanol–water partition coefficient (Wildman–Crippen LogP) is 3.84. The van der Waals surface area contributed by atoms with Crippen LogP contribution in [0.2, 0.25) is 0 Å². The smallest absolute Gasteiger partial charge is 0.159 e. The fourth-order valence-electron chi connectivity index (χ4n) is 1.84. The van der Waals surface area contributed by atoms with Crippen molar-refractivity contribution in [2.45, 2.75) is 6.92 Å². The maximum absolute atomic E-state index is 13.7. The van der Waals surface area contributed by atoms with Crippen LogP contribution >= 0.6 is 0 Å². The lowest BCUT2D eigenvalue weighted by Gasteiger charge is -2.14. The third-order valence-corrected chi connectivity index (χ3v) is 3.04. The van der Waals surface area contributed by atoms with E-state index in [0.717, 1.165) is 11.4 Å². The largest absolute Gasteiger partial charge is 0.378 e. The third-order valence-electron chi connectivity index (χ3n) is 3.04. The van der Waals surface area contributed by atoms with Gasteiger partial charge in [0.2, 0.25) is 0 Å². The zero-order valence-corrected chi connectivity index (χ0v) is 11.8. The molecule has 0 aromatic heterocycles. The Morgan fingerprint density at radius 2 is 1.75 bits per heavy atom. The molecule has 0 fully saturated rings. The lowest BCUT2D eigenvalue weighted by atomic mass is 10.1. The van der Waals surface area contributed by atoms with E-state index in [9.17, 15) is 9.18 Å². The van der Waals surface area contributed by atoms with Gasteiger partial charge in [0, 0.05) is 31.0 Å². The summed E-state index contributed by atoms with van der Waals surface area (Å²) in [5.41, 5.74) is 2.62. The Morgan fingerprint density at radius 1 is 1.10 bits per heavy atom. The quantitative estimate of drug-likeness (QED) is 0.858. The van der Waals surface area contributed by atoms with Crippen molar-refractivity contribution in [2.75, 3.05) is 24.3 Å². The van der Waals surface area contributed by atoms with Gasteiger partial charge in [-0.05, 0) is 49.4 Å². The van der Waals surface area contributed by atoms with Crippen molar-refractivity contribution in [1.29, 1.82) is 0 Å². The average molecular weight is 272 g/mol. The van der Waals surface area contributed by atoms with Crippen LogP contribution in [0.5, 0.6) is 0 Å². The molecule has 4 heteroatoms. The van der Waals surface area contributed by atoms with Gasteiger partial charge in [-0.25, -0.2) is 4.39 Å². The van der Waals surface area contributed by atoms with Crippen molar-refractivity contribution in [1.82, 2.24) is 0 Å². The first-order valence-corrected chi connectivity index (χ1v) is 6.32. The molecule has 0 bridgehead atoms. The number of hydrogen-bond donors (Lipinski definition) is 1. The highest BCUT2D eigenvalue weighted by Crippen LogP contribution is 2.23. The minimum atomic E-state index is -0.383. The summed E-state index contributed by atoms with van der Waals surface area (Å²) >= 11 is 0. The molecule has 2 aromatic carbocycles. The van der Waals surface area contributed by atoms with Crippen molar-refractivity contribution >= 4 is 22.8 Å². The van der Waals surface area contributed by atoms with Gasteiger partial charge in [0.15, 0.2) is 5.78 Å². The number of nitrogens with one attached hydrogen (secondary N) is 1. The van der Waals surface area contributed by atoms with Crippen molar-refractivity contribution in [3.05, 3.63) is 53.8 Å². The maximum atomic E-state index is 13.7. The van der Waals surface area contributed by atoms with Gasteiger partial charge in [-0.1, -0.05) is 0 Å². The van der Waals surface area contributed by atoms with Gasteiger partial charge in [-0.15, -0.1) is 0 Å². The standard InChI is InChI=1S/C16H17FN2O/c1-11(20)12-4-9-15(17)16(10-12)18-13-5-7-14(8-6-13)19(2)3/h4-10,18H,1-3H3. The Hall–Kier alpha value is -2.36. The number of anilines is 3. The van der Waals surface area contributed by atoms with Crippen LogP contribution in [0, 0.1) is 5.82 Å². The van der Waals surface area contributed by atoms with Crippen LogP contribution in [-0.4, -0.2) is 19.9 Å². The van der Waals surface area contributed by atoms with Crippen molar-refractivity contribution in [2.24, 2.45) is 0 Å². The second-order valence-corrected chi connectivity index (χ2v) is 4.82. The van der Waals surface area contributed by atoms with Gasteiger partial charge in [-0.3, -0.25) is 4.79 Å². The van der Waals surface area contributed by atoms with Crippen LogP contribution in [-0.2, 0) is 0 Å². The van der Waals surface area contributed by atoms with E-state index in [1.165, 1.54) is 25.1 Å². The molecule has 0 saturated heterocycles. The highest BCUT2D eigenvalue weighted by molar-refractivity contribution is 5.95. The number of Topliss-reactive ketones (excluding diaryl/α,β-unsaturated/α-hetero) is 1. The zero-order chi connectivity index (χ0) is 14.7. The van der Waals surface area contributed by atoms with Gasteiger partial charge in [-0.2, -0.15) is 0 Å². The van der Waals surface area contributed by atoms with Gasteiger partial charge < -0.3 is 10.2 Å². The Bertz CT molecular complexity index is 621. The summed E-state index contributed by atoms with van der Waals surface area (Å²) in [6.07, 6.45) is 0. The van der Waals surface area contributed by atoms with Crippen LogP contribution in [0.4, 0.5) is 21.5 Å². The number of benzene rings is 2. The van der Waals surface area contributed by atoms with E-state index >= 15 is 0 Å². The van der Waals surface area contributed by atoms with Crippen molar-refractivity contribution in [3.8, 4) is 0 Å². The van der Waals surface area contributed by atoms with Gasteiger partial charge in [0.25, 0.3) is 0 Å². The van der Waals surface area contributed by atoms with Crippen LogP contribution in [0.1, 0.15) is 17.3 Å². The SMILES string of the molecule is CC(=O)c1ccc(F)c(Nc2ccc(N(C)C)cc2)c1. The van der Waals surface area contributed by atoms with E-state index in [1.807, 2.05) is 43.3 Å². The van der Waals surface area contributed by atoms with Gasteiger partial charge in [0.05, 0.1) is 5.69 Å². The van der Waals surface area contributed by atoms with Crippen LogP contribution in [0.3, 0.4) is 0 Å². The molecular weight excluding hydrogens is 255 g/mol. The minimum Gasteiger partial charge on any atom is -0.378 e. The first-order valence-electron chi connectivity index (χ1n) is 6.32. The Balaban J connectivity index is 2.25. The van der Waals surface area contributed by atoms with Crippen LogP contribution in [0.25, 0.3) is 0 Å². The molecule has 20 heavy (non-hydrogen) atoms. The topological polar surface area (TPSA) is 32.3 Å². The molecule has 0 atom stereocenters. The molecule has 1 N–H and O–H groups in total. The van der Waals surface area contributed by atoms with E-state index in [2.05, 4.69) is 5.32 Å². The number of carbonyl (C=O) groups is 1. The normalized spacial score (nSPS) is 10.2. The van der Waals surface area contributed by atoms with E-state index in [-0.39, 0.29) is 11.6 Å².